The van der Waals surface area contributed by atoms with Gasteiger partial charge in [0.1, 0.15) is 5.69 Å². The topological polar surface area (TPSA) is 120 Å². The Labute approximate surface area is 143 Å². The minimum atomic E-state index is -0.699. The number of nitro groups is 2. The van der Waals surface area contributed by atoms with Crippen molar-refractivity contribution in [2.24, 2.45) is 5.10 Å². The Balaban J connectivity index is 2.33. The molecule has 1 N–H and O–H groups in total. The van der Waals surface area contributed by atoms with Crippen molar-refractivity contribution in [1.29, 1.82) is 0 Å². The molecule has 0 radical (unpaired) electrons. The lowest BCUT2D eigenvalue weighted by Gasteiger charge is -2.08. The lowest BCUT2D eigenvalue weighted by Crippen LogP contribution is -2.13. The normalized spacial score (nSPS) is 11.2. The molecule has 0 unspecified atom stereocenters. The van der Waals surface area contributed by atoms with Crippen molar-refractivity contribution >= 4 is 22.8 Å². The number of anilines is 1. The first-order chi connectivity index (χ1) is 12.0. The second-order valence-electron chi connectivity index (χ2n) is 4.89. The molecular weight excluding hydrogens is 328 g/mol. The summed E-state index contributed by atoms with van der Waals surface area (Å²) in [5.74, 6) is 0. The Morgan fingerprint density at radius 1 is 1.12 bits per heavy atom. The number of hydrazone groups is 1. The molecule has 0 aliphatic heterocycles. The van der Waals surface area contributed by atoms with Gasteiger partial charge in [-0.1, -0.05) is 30.3 Å². The number of ether oxygens (including phenoxy) is 1. The number of hydrogen-bond acceptors (Lipinski definition) is 7. The summed E-state index contributed by atoms with van der Waals surface area (Å²) in [6.07, 6.45) is 0. The third-order valence-electron chi connectivity index (χ3n) is 3.25. The summed E-state index contributed by atoms with van der Waals surface area (Å²) >= 11 is 0. The predicted octanol–water partition coefficient (Wildman–Crippen LogP) is 3.36. The van der Waals surface area contributed by atoms with Gasteiger partial charge in [0.2, 0.25) is 0 Å². The van der Waals surface area contributed by atoms with E-state index in [1.807, 2.05) is 37.3 Å². The zero-order valence-corrected chi connectivity index (χ0v) is 13.4. The highest BCUT2D eigenvalue weighted by molar-refractivity contribution is 6.02. The van der Waals surface area contributed by atoms with Gasteiger partial charge < -0.3 is 4.74 Å². The van der Waals surface area contributed by atoms with Crippen LogP contribution in [0.4, 0.5) is 17.1 Å². The molecule has 130 valence electrons. The molecule has 0 spiro atoms. The van der Waals surface area contributed by atoms with E-state index in [4.69, 9.17) is 4.74 Å². The zero-order valence-electron chi connectivity index (χ0n) is 13.4. The molecular formula is C16H16N4O5. The van der Waals surface area contributed by atoms with E-state index < -0.39 is 15.5 Å². The Morgan fingerprint density at radius 3 is 2.44 bits per heavy atom. The number of hydrogen-bond donors (Lipinski definition) is 1. The van der Waals surface area contributed by atoms with Crippen LogP contribution in [0.3, 0.4) is 0 Å². The van der Waals surface area contributed by atoms with Crippen LogP contribution in [0.15, 0.2) is 53.6 Å². The maximum absolute atomic E-state index is 11.2. The van der Waals surface area contributed by atoms with Gasteiger partial charge in [-0.15, -0.1) is 0 Å². The maximum atomic E-state index is 11.2. The SMILES string of the molecule is CCOC/C(=N/Nc1ccc([N+](=O)[O-])cc1[N+](=O)[O-])c1ccccc1. The molecule has 0 amide bonds. The summed E-state index contributed by atoms with van der Waals surface area (Å²) in [4.78, 5) is 20.5. The summed E-state index contributed by atoms with van der Waals surface area (Å²) in [5.41, 5.74) is 3.23. The molecule has 2 aromatic rings. The van der Waals surface area contributed by atoms with Crippen LogP contribution in [-0.2, 0) is 4.74 Å². The number of rotatable bonds is 8. The number of benzene rings is 2. The number of nitro benzene ring substituents is 2. The molecule has 0 saturated heterocycles. The summed E-state index contributed by atoms with van der Waals surface area (Å²) in [7, 11) is 0. The molecule has 0 fully saturated rings. The smallest absolute Gasteiger partial charge is 0.301 e. The Kier molecular flexibility index (Phi) is 6.13. The zero-order chi connectivity index (χ0) is 18.2. The minimum Gasteiger partial charge on any atom is -0.375 e. The van der Waals surface area contributed by atoms with Gasteiger partial charge in [-0.2, -0.15) is 5.10 Å². The van der Waals surface area contributed by atoms with E-state index in [-0.39, 0.29) is 18.0 Å². The van der Waals surface area contributed by atoms with Gasteiger partial charge in [-0.25, -0.2) is 0 Å². The Hall–Kier alpha value is -3.33. The third-order valence-corrected chi connectivity index (χ3v) is 3.25. The standard InChI is InChI=1S/C16H16N4O5/c1-2-25-11-15(12-6-4-3-5-7-12)18-17-14-9-8-13(19(21)22)10-16(14)20(23)24/h3-10,17H,2,11H2,1H3/b18-15-. The molecule has 0 aliphatic rings. The first-order valence-corrected chi connectivity index (χ1v) is 7.41. The van der Waals surface area contributed by atoms with Crippen LogP contribution in [0.25, 0.3) is 0 Å². The first-order valence-electron chi connectivity index (χ1n) is 7.41. The quantitative estimate of drug-likeness (QED) is 0.445. The van der Waals surface area contributed by atoms with Gasteiger partial charge in [0.05, 0.1) is 28.2 Å². The highest BCUT2D eigenvalue weighted by Crippen LogP contribution is 2.29. The lowest BCUT2D eigenvalue weighted by atomic mass is 10.1. The van der Waals surface area contributed by atoms with Gasteiger partial charge in [-0.05, 0) is 13.0 Å². The van der Waals surface area contributed by atoms with E-state index in [9.17, 15) is 20.2 Å². The van der Waals surface area contributed by atoms with Crippen molar-refractivity contribution in [2.45, 2.75) is 6.92 Å². The average Bonchev–Trinajstić information content (AvgIpc) is 2.62. The second-order valence-corrected chi connectivity index (χ2v) is 4.89. The molecule has 0 bridgehead atoms. The number of nitrogens with zero attached hydrogens (tertiary/aromatic N) is 3. The van der Waals surface area contributed by atoms with Gasteiger partial charge >= 0.3 is 5.69 Å². The van der Waals surface area contributed by atoms with Crippen molar-refractivity contribution in [2.75, 3.05) is 18.6 Å². The number of non-ortho nitro benzene ring substituents is 1. The van der Waals surface area contributed by atoms with Crippen LogP contribution in [-0.4, -0.2) is 28.8 Å². The van der Waals surface area contributed by atoms with Crippen LogP contribution >= 0.6 is 0 Å². The fourth-order valence-electron chi connectivity index (χ4n) is 2.02. The van der Waals surface area contributed by atoms with Crippen molar-refractivity contribution in [3.63, 3.8) is 0 Å². The molecule has 0 heterocycles. The van der Waals surface area contributed by atoms with Crippen molar-refractivity contribution in [3.8, 4) is 0 Å². The predicted molar refractivity (Wildman–Crippen MR) is 92.8 cm³/mol. The summed E-state index contributed by atoms with van der Waals surface area (Å²) in [6.45, 7) is 2.55. The monoisotopic (exact) mass is 344 g/mol. The average molecular weight is 344 g/mol. The van der Waals surface area contributed by atoms with Crippen molar-refractivity contribution in [3.05, 3.63) is 74.3 Å². The van der Waals surface area contributed by atoms with E-state index in [0.717, 1.165) is 11.6 Å². The minimum absolute atomic E-state index is 0.0560. The summed E-state index contributed by atoms with van der Waals surface area (Å²) < 4.78 is 5.37. The molecule has 2 aromatic carbocycles. The van der Waals surface area contributed by atoms with Gasteiger partial charge in [0.15, 0.2) is 0 Å². The van der Waals surface area contributed by atoms with Crippen LogP contribution in [0.2, 0.25) is 0 Å². The Bertz CT molecular complexity index is 792. The molecule has 0 aromatic heterocycles. The van der Waals surface area contributed by atoms with E-state index in [1.54, 1.807) is 0 Å². The molecule has 0 aliphatic carbocycles. The summed E-state index contributed by atoms with van der Waals surface area (Å²) in [5, 5.41) is 26.1. The molecule has 9 nitrogen and oxygen atoms in total. The van der Waals surface area contributed by atoms with Crippen LogP contribution in [0, 0.1) is 20.2 Å². The van der Waals surface area contributed by atoms with Crippen LogP contribution in [0.5, 0.6) is 0 Å². The maximum Gasteiger partial charge on any atom is 0.301 e. The largest absolute Gasteiger partial charge is 0.375 e. The fourth-order valence-corrected chi connectivity index (χ4v) is 2.02. The van der Waals surface area contributed by atoms with E-state index in [1.165, 1.54) is 12.1 Å². The van der Waals surface area contributed by atoms with Gasteiger partial charge in [0, 0.05) is 18.2 Å². The van der Waals surface area contributed by atoms with Crippen molar-refractivity contribution < 1.29 is 14.6 Å². The third kappa shape index (κ3) is 4.82. The molecule has 0 saturated carbocycles. The van der Waals surface area contributed by atoms with Gasteiger partial charge in [-0.3, -0.25) is 25.7 Å². The van der Waals surface area contributed by atoms with Crippen LogP contribution < -0.4 is 5.43 Å². The number of nitrogens with one attached hydrogen (secondary N) is 1. The lowest BCUT2D eigenvalue weighted by molar-refractivity contribution is -0.393. The summed E-state index contributed by atoms with van der Waals surface area (Å²) in [6, 6.07) is 12.5. The van der Waals surface area contributed by atoms with E-state index >= 15 is 0 Å². The molecule has 2 rings (SSSR count). The van der Waals surface area contributed by atoms with Gasteiger partial charge in [0.25, 0.3) is 5.69 Å². The van der Waals surface area contributed by atoms with E-state index in [2.05, 4.69) is 10.5 Å². The molecule has 0 atom stereocenters. The molecule has 9 heteroatoms. The highest BCUT2D eigenvalue weighted by atomic mass is 16.6. The van der Waals surface area contributed by atoms with Crippen molar-refractivity contribution in [1.82, 2.24) is 0 Å². The van der Waals surface area contributed by atoms with E-state index in [0.29, 0.717) is 12.3 Å². The molecule has 25 heavy (non-hydrogen) atoms. The Morgan fingerprint density at radius 2 is 1.84 bits per heavy atom. The highest BCUT2D eigenvalue weighted by Gasteiger charge is 2.19. The fraction of sp³-hybridized carbons (Fsp3) is 0.188. The van der Waals surface area contributed by atoms with Crippen LogP contribution in [0.1, 0.15) is 12.5 Å². The second kappa shape index (κ2) is 8.50. The first kappa shape index (κ1) is 18.0.